The van der Waals surface area contributed by atoms with Gasteiger partial charge in [0.05, 0.1) is 18.9 Å². The number of nitrogens with one attached hydrogen (secondary N) is 4. The Bertz CT molecular complexity index is 739. The van der Waals surface area contributed by atoms with Gasteiger partial charge in [-0.15, -0.1) is 0 Å². The SMILES string of the molecule is NCCCCC(NC(=O)C(CC(=O)O)NC(=O)C(CC(=O)O)NC(=O)C1CCCN1)C(=O)O. The molecule has 0 aliphatic carbocycles. The highest BCUT2D eigenvalue weighted by Gasteiger charge is 2.33. The molecule has 33 heavy (non-hydrogen) atoms. The van der Waals surface area contributed by atoms with Crippen LogP contribution in [-0.2, 0) is 28.8 Å². The minimum Gasteiger partial charge on any atom is -0.481 e. The van der Waals surface area contributed by atoms with Gasteiger partial charge in [0.25, 0.3) is 0 Å². The summed E-state index contributed by atoms with van der Waals surface area (Å²) in [5.41, 5.74) is 5.36. The van der Waals surface area contributed by atoms with Crippen molar-refractivity contribution in [3.63, 3.8) is 0 Å². The highest BCUT2D eigenvalue weighted by atomic mass is 16.4. The number of rotatable bonds is 15. The van der Waals surface area contributed by atoms with E-state index in [9.17, 15) is 33.9 Å². The highest BCUT2D eigenvalue weighted by molar-refractivity contribution is 5.96. The number of nitrogens with two attached hydrogens (primary N) is 1. The van der Waals surface area contributed by atoms with Gasteiger partial charge in [-0.25, -0.2) is 4.79 Å². The number of hydrogen-bond acceptors (Lipinski definition) is 8. The predicted octanol–water partition coefficient (Wildman–Crippen LogP) is -2.64. The van der Waals surface area contributed by atoms with E-state index in [1.165, 1.54) is 0 Å². The van der Waals surface area contributed by atoms with Crippen molar-refractivity contribution in [3.05, 3.63) is 0 Å². The largest absolute Gasteiger partial charge is 0.481 e. The molecule has 0 radical (unpaired) electrons. The second-order valence-electron chi connectivity index (χ2n) is 7.65. The lowest BCUT2D eigenvalue weighted by Gasteiger charge is -2.24. The molecule has 14 nitrogen and oxygen atoms in total. The fourth-order valence-corrected chi connectivity index (χ4v) is 3.24. The van der Waals surface area contributed by atoms with E-state index in [1.807, 2.05) is 0 Å². The van der Waals surface area contributed by atoms with Crippen LogP contribution >= 0.6 is 0 Å². The second kappa shape index (κ2) is 14.0. The standard InChI is InChI=1S/C19H31N5O9/c20-6-2-1-4-11(19(32)33)22-17(30)12(8-14(25)26)24-18(31)13(9-15(27)28)23-16(29)10-5-3-7-21-10/h10-13,21H,1-9,20H2,(H,22,30)(H,23,29)(H,24,31)(H,25,26)(H,27,28)(H,32,33). The van der Waals surface area contributed by atoms with E-state index in [2.05, 4.69) is 21.3 Å². The van der Waals surface area contributed by atoms with Crippen molar-refractivity contribution < 1.29 is 44.1 Å². The second-order valence-corrected chi connectivity index (χ2v) is 7.65. The van der Waals surface area contributed by atoms with Gasteiger partial charge in [0, 0.05) is 0 Å². The Hall–Kier alpha value is -3.26. The van der Waals surface area contributed by atoms with E-state index in [0.717, 1.165) is 6.42 Å². The summed E-state index contributed by atoms with van der Waals surface area (Å²) in [4.78, 5) is 71.2. The van der Waals surface area contributed by atoms with Crippen molar-refractivity contribution in [2.75, 3.05) is 13.1 Å². The van der Waals surface area contributed by atoms with Gasteiger partial charge in [0.2, 0.25) is 17.7 Å². The third-order valence-corrected chi connectivity index (χ3v) is 4.96. The van der Waals surface area contributed by atoms with Gasteiger partial charge < -0.3 is 42.3 Å². The molecule has 1 rings (SSSR count). The maximum Gasteiger partial charge on any atom is 0.326 e. The van der Waals surface area contributed by atoms with Crippen LogP contribution in [0, 0.1) is 0 Å². The molecule has 9 N–H and O–H groups in total. The van der Waals surface area contributed by atoms with Gasteiger partial charge in [0.1, 0.15) is 18.1 Å². The zero-order valence-corrected chi connectivity index (χ0v) is 18.0. The Morgan fingerprint density at radius 3 is 1.85 bits per heavy atom. The molecule has 14 heteroatoms. The molecule has 0 aromatic rings. The predicted molar refractivity (Wildman–Crippen MR) is 112 cm³/mol. The number of carbonyl (C=O) groups excluding carboxylic acids is 3. The molecule has 0 spiro atoms. The van der Waals surface area contributed by atoms with Crippen LogP contribution in [0.25, 0.3) is 0 Å². The smallest absolute Gasteiger partial charge is 0.326 e. The van der Waals surface area contributed by atoms with Crippen molar-refractivity contribution in [2.45, 2.75) is 69.1 Å². The molecule has 1 aliphatic rings. The Morgan fingerprint density at radius 2 is 1.39 bits per heavy atom. The Balaban J connectivity index is 2.90. The Labute approximate surface area is 189 Å². The summed E-state index contributed by atoms with van der Waals surface area (Å²) in [7, 11) is 0. The number of amides is 3. The van der Waals surface area contributed by atoms with Crippen LogP contribution in [0.2, 0.25) is 0 Å². The summed E-state index contributed by atoms with van der Waals surface area (Å²) in [6, 6.07) is -5.19. The maximum absolute atomic E-state index is 12.6. The molecule has 0 bridgehead atoms. The number of carbonyl (C=O) groups is 6. The zero-order chi connectivity index (χ0) is 25.0. The van der Waals surface area contributed by atoms with E-state index in [1.54, 1.807) is 0 Å². The van der Waals surface area contributed by atoms with E-state index < -0.39 is 72.6 Å². The van der Waals surface area contributed by atoms with Crippen molar-refractivity contribution in [1.82, 2.24) is 21.3 Å². The third kappa shape index (κ3) is 10.3. The zero-order valence-electron chi connectivity index (χ0n) is 18.0. The molecule has 186 valence electrons. The van der Waals surface area contributed by atoms with Gasteiger partial charge in [-0.3, -0.25) is 24.0 Å². The summed E-state index contributed by atoms with van der Waals surface area (Å²) < 4.78 is 0. The minimum absolute atomic E-state index is 0.0398. The summed E-state index contributed by atoms with van der Waals surface area (Å²) >= 11 is 0. The van der Waals surface area contributed by atoms with Crippen LogP contribution in [-0.4, -0.2) is 88.2 Å². The van der Waals surface area contributed by atoms with E-state index in [0.29, 0.717) is 32.4 Å². The first-order valence-electron chi connectivity index (χ1n) is 10.6. The first-order valence-corrected chi connectivity index (χ1v) is 10.6. The molecule has 3 amide bonds. The average molecular weight is 473 g/mol. The molecule has 0 aromatic carbocycles. The van der Waals surface area contributed by atoms with Crippen LogP contribution in [0.3, 0.4) is 0 Å². The topological polar surface area (TPSA) is 237 Å². The molecule has 4 atom stereocenters. The molecular weight excluding hydrogens is 442 g/mol. The van der Waals surface area contributed by atoms with Gasteiger partial charge >= 0.3 is 17.9 Å². The average Bonchev–Trinajstić information content (AvgIpc) is 3.26. The van der Waals surface area contributed by atoms with Crippen molar-refractivity contribution >= 4 is 35.6 Å². The lowest BCUT2D eigenvalue weighted by Crippen LogP contribution is -2.57. The fraction of sp³-hybridized carbons (Fsp3) is 0.684. The monoisotopic (exact) mass is 473 g/mol. The molecule has 1 heterocycles. The van der Waals surface area contributed by atoms with Crippen LogP contribution < -0.4 is 27.0 Å². The molecule has 0 aromatic heterocycles. The molecule has 4 unspecified atom stereocenters. The highest BCUT2D eigenvalue weighted by Crippen LogP contribution is 2.07. The Kier molecular flexibility index (Phi) is 11.8. The minimum atomic E-state index is -1.69. The molecule has 1 saturated heterocycles. The Morgan fingerprint density at radius 1 is 0.848 bits per heavy atom. The number of carboxylic acid groups (broad SMARTS) is 3. The molecule has 0 saturated carbocycles. The molecule has 1 aliphatic heterocycles. The number of hydrogen-bond donors (Lipinski definition) is 8. The van der Waals surface area contributed by atoms with Gasteiger partial charge in [0.15, 0.2) is 0 Å². The lowest BCUT2D eigenvalue weighted by molar-refractivity contribution is -0.145. The summed E-state index contributed by atoms with van der Waals surface area (Å²) in [5, 5.41) is 37.0. The normalized spacial score (nSPS) is 17.9. The van der Waals surface area contributed by atoms with Crippen molar-refractivity contribution in [2.24, 2.45) is 5.73 Å². The third-order valence-electron chi connectivity index (χ3n) is 4.96. The van der Waals surface area contributed by atoms with Gasteiger partial charge in [-0.2, -0.15) is 0 Å². The van der Waals surface area contributed by atoms with Crippen molar-refractivity contribution in [3.8, 4) is 0 Å². The summed E-state index contributed by atoms with van der Waals surface area (Å²) in [5.74, 6) is -6.96. The van der Waals surface area contributed by atoms with E-state index in [-0.39, 0.29) is 6.42 Å². The summed E-state index contributed by atoms with van der Waals surface area (Å²) in [6.07, 6.45) is 0.487. The van der Waals surface area contributed by atoms with Crippen LogP contribution in [0.4, 0.5) is 0 Å². The van der Waals surface area contributed by atoms with Crippen LogP contribution in [0.5, 0.6) is 0 Å². The fourth-order valence-electron chi connectivity index (χ4n) is 3.24. The van der Waals surface area contributed by atoms with E-state index >= 15 is 0 Å². The quantitative estimate of drug-likeness (QED) is 0.114. The van der Waals surface area contributed by atoms with Crippen LogP contribution in [0.15, 0.2) is 0 Å². The molecular formula is C19H31N5O9. The molecule has 1 fully saturated rings. The first-order chi connectivity index (χ1) is 15.5. The van der Waals surface area contributed by atoms with E-state index in [4.69, 9.17) is 15.9 Å². The first kappa shape index (κ1) is 27.8. The van der Waals surface area contributed by atoms with Gasteiger partial charge in [-0.05, 0) is 45.2 Å². The number of carboxylic acids is 3. The maximum atomic E-state index is 12.6. The van der Waals surface area contributed by atoms with Crippen LogP contribution in [0.1, 0.15) is 44.9 Å². The number of unbranched alkanes of at least 4 members (excludes halogenated alkanes) is 1. The lowest BCUT2D eigenvalue weighted by atomic mass is 10.1. The number of aliphatic carboxylic acids is 3. The van der Waals surface area contributed by atoms with Gasteiger partial charge in [-0.1, -0.05) is 0 Å². The summed E-state index contributed by atoms with van der Waals surface area (Å²) in [6.45, 7) is 0.913. The van der Waals surface area contributed by atoms with Crippen molar-refractivity contribution in [1.29, 1.82) is 0 Å².